The first-order chi connectivity index (χ1) is 35.3. The van der Waals surface area contributed by atoms with Crippen molar-refractivity contribution in [2.24, 2.45) is 5.41 Å². The van der Waals surface area contributed by atoms with E-state index in [0.717, 1.165) is 89.3 Å². The zero-order chi connectivity index (χ0) is 51.7. The van der Waals surface area contributed by atoms with Crippen LogP contribution in [0.3, 0.4) is 0 Å². The Balaban J connectivity index is 1.13. The van der Waals surface area contributed by atoms with E-state index >= 15 is 0 Å². The van der Waals surface area contributed by atoms with E-state index < -0.39 is 11.8 Å². The first-order valence-corrected chi connectivity index (χ1v) is 25.0. The van der Waals surface area contributed by atoms with Crippen LogP contribution in [0.1, 0.15) is 81.7 Å². The largest absolute Gasteiger partial charge is 0.503 e. The molecule has 0 spiro atoms. The van der Waals surface area contributed by atoms with E-state index in [0.29, 0.717) is 17.1 Å². The highest BCUT2D eigenvalue weighted by Gasteiger charge is 2.42. The summed E-state index contributed by atoms with van der Waals surface area (Å²) in [7, 11) is 0. The van der Waals surface area contributed by atoms with Crippen LogP contribution in [-0.2, 0) is 17.2 Å². The molecule has 3 heterocycles. The van der Waals surface area contributed by atoms with Crippen molar-refractivity contribution >= 4 is 50.6 Å². The van der Waals surface area contributed by atoms with Gasteiger partial charge in [0.15, 0.2) is 0 Å². The van der Waals surface area contributed by atoms with Crippen LogP contribution >= 0.6 is 0 Å². The fourth-order valence-electron chi connectivity index (χ4n) is 9.97. The molecular weight excluding hydrogens is 877 g/mol. The molecule has 5 nitrogen and oxygen atoms in total. The molecule has 5 heteroatoms. The molecule has 72 heavy (non-hydrogen) atoms. The third-order valence-corrected chi connectivity index (χ3v) is 13.6. The van der Waals surface area contributed by atoms with Crippen molar-refractivity contribution in [3.05, 3.63) is 217 Å². The Hall–Kier alpha value is -8.11. The van der Waals surface area contributed by atoms with Gasteiger partial charge in [0.25, 0.3) is 5.69 Å². The molecule has 0 saturated heterocycles. The highest BCUT2D eigenvalue weighted by molar-refractivity contribution is 6.11. The predicted molar refractivity (Wildman–Crippen MR) is 303 cm³/mol. The molecule has 2 aromatic heterocycles. The molecule has 0 fully saturated rings. The Kier molecular flexibility index (Phi) is 10.9. The smallest absolute Gasteiger partial charge is 0.457 e. The number of rotatable bonds is 9. The number of para-hydroxylation sites is 2. The van der Waals surface area contributed by atoms with Crippen molar-refractivity contribution in [2.75, 3.05) is 0 Å². The molecule has 0 amide bonds. The second kappa shape index (κ2) is 17.9. The highest BCUT2D eigenvalue weighted by atomic mass is 16.5. The molecule has 0 radical (unpaired) electrons. The average Bonchev–Trinajstić information content (AvgIpc) is 3.94. The van der Waals surface area contributed by atoms with Gasteiger partial charge in [-0.1, -0.05) is 178 Å². The molecule has 0 aliphatic carbocycles. The molecule has 8 aromatic carbocycles. The van der Waals surface area contributed by atoms with Crippen LogP contribution in [0.25, 0.3) is 61.0 Å². The van der Waals surface area contributed by atoms with E-state index in [1.54, 1.807) is 0 Å². The van der Waals surface area contributed by atoms with Gasteiger partial charge in [-0.3, -0.25) is 4.57 Å². The lowest BCUT2D eigenvalue weighted by molar-refractivity contribution is 0.411. The lowest BCUT2D eigenvalue weighted by Gasteiger charge is -2.20. The van der Waals surface area contributed by atoms with Crippen molar-refractivity contribution in [1.82, 2.24) is 18.7 Å². The lowest BCUT2D eigenvalue weighted by atomic mass is 9.86. The number of aromatic nitrogens is 2. The Morgan fingerprint density at radius 1 is 0.500 bits per heavy atom. The summed E-state index contributed by atoms with van der Waals surface area (Å²) in [5, 5.41) is 2.24. The monoisotopic (exact) mass is 941 g/mol. The molecule has 10 aromatic rings. The number of hydrogen-bond acceptors (Lipinski definition) is 2. The summed E-state index contributed by atoms with van der Waals surface area (Å²) >= 11 is 0. The van der Waals surface area contributed by atoms with Crippen molar-refractivity contribution in [2.45, 2.75) is 79.5 Å². The minimum Gasteiger partial charge on any atom is -0.457 e. The molecular formula is C67H62N4O+2. The van der Waals surface area contributed by atoms with Gasteiger partial charge in [0.05, 0.1) is 28.2 Å². The molecule has 0 bridgehead atoms. The van der Waals surface area contributed by atoms with E-state index in [4.69, 9.17) is 9.72 Å². The predicted octanol–water partition coefficient (Wildman–Crippen LogP) is 18.0. The normalized spacial score (nSPS) is 13.4. The Labute approximate surface area is 427 Å². The topological polar surface area (TPSA) is 33.1 Å². The standard InChI is InChI=1S/C67H62N4O/c1-65(2,3)43-49-27-19-30-60-63(49)70(64-55(46-23-15-11-16-24-46)28-20-29-56(64)47-25-17-12-18-26-47)44-69(60)52-38-51(67(7,8)9)39-54(41-52)72-53-32-33-57-58-37-48(45-21-13-10-14-22-45)31-34-59(58)71(61(57)42-53)62-40-50(35-36-68-62)66(4,5)6/h10-42H,43H2,1-9H3/q+2/i43D2. The van der Waals surface area contributed by atoms with Crippen molar-refractivity contribution < 1.29 is 7.48 Å². The molecule has 0 atom stereocenters. The minimum absolute atomic E-state index is 0.0715. The molecule has 1 aliphatic rings. The van der Waals surface area contributed by atoms with Crippen LogP contribution < -0.4 is 13.9 Å². The lowest BCUT2D eigenvalue weighted by Crippen LogP contribution is -2.13. The van der Waals surface area contributed by atoms with Gasteiger partial charge in [0.2, 0.25) is 11.4 Å². The SMILES string of the molecule is [2H]C([2H])(c1cccc2c1[N+](c1c(-c3ccccc3)cccc1-c1ccccc1)=C=[N+]2c1cc(Oc2ccc3c4cc(-c5ccccc5)ccc4n(-c4cc(C(C)(C)C)ccn4)c3c2)cc(C(C)(C)C)c1)C(C)(C)C. The third kappa shape index (κ3) is 8.86. The fraction of sp³-hybridized carbons (Fsp3) is 0.194. The maximum atomic E-state index is 9.84. The molecule has 0 unspecified atom stereocenters. The fourth-order valence-corrected chi connectivity index (χ4v) is 9.97. The number of benzene rings is 8. The van der Waals surface area contributed by atoms with E-state index in [2.05, 4.69) is 231 Å². The zero-order valence-electron chi connectivity index (χ0n) is 44.7. The van der Waals surface area contributed by atoms with Crippen LogP contribution in [0.2, 0.25) is 0 Å². The number of nitrogens with zero attached hydrogens (tertiary/aromatic N) is 4. The first kappa shape index (κ1) is 43.9. The van der Waals surface area contributed by atoms with Crippen molar-refractivity contribution in [3.8, 4) is 50.7 Å². The summed E-state index contributed by atoms with van der Waals surface area (Å²) < 4.78 is 33.2. The molecule has 11 rings (SSSR count). The van der Waals surface area contributed by atoms with E-state index in [9.17, 15) is 2.74 Å². The van der Waals surface area contributed by atoms with Gasteiger partial charge in [0.1, 0.15) is 17.3 Å². The maximum Gasteiger partial charge on any atom is 0.503 e. The number of fused-ring (bicyclic) bond motifs is 4. The highest BCUT2D eigenvalue weighted by Crippen LogP contribution is 2.48. The summed E-state index contributed by atoms with van der Waals surface area (Å²) in [6.07, 6.45) is 0.179. The zero-order valence-corrected chi connectivity index (χ0v) is 42.7. The number of hydrogen-bond donors (Lipinski definition) is 0. The second-order valence-corrected chi connectivity index (χ2v) is 22.1. The van der Waals surface area contributed by atoms with Crippen molar-refractivity contribution in [3.63, 3.8) is 0 Å². The van der Waals surface area contributed by atoms with Gasteiger partial charge in [-0.25, -0.2) is 4.98 Å². The van der Waals surface area contributed by atoms with E-state index in [-0.39, 0.29) is 10.8 Å². The molecule has 1 aliphatic heterocycles. The van der Waals surface area contributed by atoms with Crippen LogP contribution in [0, 0.1) is 5.41 Å². The van der Waals surface area contributed by atoms with Gasteiger partial charge in [-0.2, -0.15) is 0 Å². The first-order valence-electron chi connectivity index (χ1n) is 26.0. The number of pyridine rings is 1. The van der Waals surface area contributed by atoms with Crippen molar-refractivity contribution in [1.29, 1.82) is 0 Å². The van der Waals surface area contributed by atoms with Gasteiger partial charge in [-0.15, -0.1) is 0 Å². The van der Waals surface area contributed by atoms with E-state index in [1.165, 1.54) is 5.56 Å². The quantitative estimate of drug-likeness (QED) is 0.135. The van der Waals surface area contributed by atoms with Gasteiger partial charge in [0, 0.05) is 43.5 Å². The minimum atomic E-state index is -1.74. The number of ether oxygens (including phenoxy) is 1. The maximum absolute atomic E-state index is 9.84. The summed E-state index contributed by atoms with van der Waals surface area (Å²) in [5.41, 5.74) is 13.6. The summed E-state index contributed by atoms with van der Waals surface area (Å²) in [6, 6.07) is 71.6. The summed E-state index contributed by atoms with van der Waals surface area (Å²) in [6.45, 7) is 19.3. The second-order valence-electron chi connectivity index (χ2n) is 22.1. The van der Waals surface area contributed by atoms with Gasteiger partial charge < -0.3 is 4.74 Å². The van der Waals surface area contributed by atoms with Gasteiger partial charge in [-0.05, 0) is 120 Å². The molecule has 0 N–H and O–H groups in total. The Bertz CT molecular complexity index is 3810. The third-order valence-electron chi connectivity index (χ3n) is 13.6. The van der Waals surface area contributed by atoms with Crippen LogP contribution in [0.4, 0.5) is 22.7 Å². The van der Waals surface area contributed by atoms with Crippen LogP contribution in [0.15, 0.2) is 200 Å². The Morgan fingerprint density at radius 3 is 1.78 bits per heavy atom. The Morgan fingerprint density at radius 2 is 1.14 bits per heavy atom. The van der Waals surface area contributed by atoms with Crippen LogP contribution in [0.5, 0.6) is 11.5 Å². The van der Waals surface area contributed by atoms with Gasteiger partial charge >= 0.3 is 11.7 Å². The molecule has 354 valence electrons. The average molecular weight is 941 g/mol. The molecule has 0 saturated carbocycles. The summed E-state index contributed by atoms with van der Waals surface area (Å²) in [5.74, 6) is 2.21. The van der Waals surface area contributed by atoms with Crippen LogP contribution in [-0.4, -0.2) is 15.6 Å². The van der Waals surface area contributed by atoms with E-state index in [1.807, 2.05) is 51.2 Å². The summed E-state index contributed by atoms with van der Waals surface area (Å²) in [4.78, 5) is 4.99.